The van der Waals surface area contributed by atoms with Gasteiger partial charge < -0.3 is 9.80 Å². The molecule has 0 radical (unpaired) electrons. The normalized spacial score (nSPS) is 10.9. The first-order valence-electron chi connectivity index (χ1n) is 16.8. The van der Waals surface area contributed by atoms with Gasteiger partial charge in [0.1, 0.15) is 0 Å². The summed E-state index contributed by atoms with van der Waals surface area (Å²) in [6.07, 6.45) is 6.89. The Balaban J connectivity index is 1.35. The second-order valence-electron chi connectivity index (χ2n) is 11.9. The maximum absolute atomic E-state index is 2.49. The van der Waals surface area contributed by atoms with Gasteiger partial charge in [0, 0.05) is 34.1 Å². The molecule has 0 aliphatic rings. The second kappa shape index (κ2) is 15.3. The second-order valence-corrected chi connectivity index (χ2v) is 11.9. The number of benzene rings is 6. The van der Waals surface area contributed by atoms with Crippen LogP contribution in [-0.4, -0.2) is 0 Å². The number of para-hydroxylation sites is 4. The lowest BCUT2D eigenvalue weighted by Crippen LogP contribution is -2.14. The van der Waals surface area contributed by atoms with E-state index in [0.29, 0.717) is 0 Å². The van der Waals surface area contributed by atoms with Gasteiger partial charge in [-0.3, -0.25) is 0 Å². The van der Waals surface area contributed by atoms with Crippen molar-refractivity contribution < 1.29 is 0 Å². The van der Waals surface area contributed by atoms with Crippen LogP contribution in [0.2, 0.25) is 0 Å². The van der Waals surface area contributed by atoms with Crippen molar-refractivity contribution in [2.45, 2.75) is 52.4 Å². The smallest absolute Gasteiger partial charge is 0.0493 e. The van der Waals surface area contributed by atoms with E-state index in [2.05, 4.69) is 181 Å². The lowest BCUT2D eigenvalue weighted by molar-refractivity contribution is 0.791. The lowest BCUT2D eigenvalue weighted by Gasteiger charge is -2.30. The zero-order valence-electron chi connectivity index (χ0n) is 27.1. The van der Waals surface area contributed by atoms with Crippen molar-refractivity contribution in [1.82, 2.24) is 0 Å². The Labute approximate surface area is 275 Å². The van der Waals surface area contributed by atoms with E-state index in [1.807, 2.05) is 0 Å². The van der Waals surface area contributed by atoms with Crippen LogP contribution >= 0.6 is 0 Å². The molecule has 6 rings (SSSR count). The first-order chi connectivity index (χ1) is 22.8. The summed E-state index contributed by atoms with van der Waals surface area (Å²) in [5.41, 5.74) is 12.4. The number of aryl methyl sites for hydroxylation is 2. The van der Waals surface area contributed by atoms with E-state index >= 15 is 0 Å². The summed E-state index contributed by atoms with van der Waals surface area (Å²) in [6.45, 7) is 4.54. The van der Waals surface area contributed by atoms with Crippen molar-refractivity contribution >= 4 is 34.1 Å². The summed E-state index contributed by atoms with van der Waals surface area (Å²) in [6, 6.07) is 57.1. The molecule has 0 saturated heterocycles. The number of nitrogens with zero attached hydrogens (tertiary/aromatic N) is 2. The van der Waals surface area contributed by atoms with Crippen LogP contribution in [0.3, 0.4) is 0 Å². The Morgan fingerprint density at radius 1 is 0.348 bits per heavy atom. The van der Waals surface area contributed by atoms with Crippen LogP contribution in [0.15, 0.2) is 158 Å². The van der Waals surface area contributed by atoms with E-state index in [1.165, 1.54) is 65.0 Å². The molecular formula is C44H44N2. The first-order valence-corrected chi connectivity index (χ1v) is 16.8. The molecule has 0 spiro atoms. The third-order valence-electron chi connectivity index (χ3n) is 8.68. The fraction of sp³-hybridized carbons (Fsp3) is 0.182. The van der Waals surface area contributed by atoms with Crippen molar-refractivity contribution in [2.75, 3.05) is 9.80 Å². The van der Waals surface area contributed by atoms with Crippen LogP contribution < -0.4 is 9.80 Å². The van der Waals surface area contributed by atoms with Crippen LogP contribution in [-0.2, 0) is 12.8 Å². The minimum absolute atomic E-state index is 1.08. The SMILES string of the molecule is CCCCc1ccccc1N(c1ccc(-c2ccc(N(c3ccccc3)c3ccccc3)cc2)cc1)c1ccccc1CCCC. The van der Waals surface area contributed by atoms with Gasteiger partial charge in [-0.15, -0.1) is 0 Å². The number of hydrogen-bond donors (Lipinski definition) is 0. The first kappa shape index (κ1) is 30.9. The lowest BCUT2D eigenvalue weighted by atomic mass is 10.00. The molecule has 6 aromatic carbocycles. The summed E-state index contributed by atoms with van der Waals surface area (Å²) in [4.78, 5) is 4.79. The zero-order chi connectivity index (χ0) is 31.6. The standard InChI is InChI=1S/C44H44N2/c1-3-5-17-37-19-13-15-25-43(37)46(44-26-16-14-20-38(44)18-6-4-2)42-33-29-36(30-34-42)35-27-31-41(32-28-35)45(39-21-9-7-10-22-39)40-23-11-8-12-24-40/h7-16,19-34H,3-6,17-18H2,1-2H3. The van der Waals surface area contributed by atoms with Gasteiger partial charge in [0.05, 0.1) is 0 Å². The van der Waals surface area contributed by atoms with Gasteiger partial charge in [-0.1, -0.05) is 124 Å². The van der Waals surface area contributed by atoms with E-state index in [4.69, 9.17) is 0 Å². The monoisotopic (exact) mass is 600 g/mol. The number of anilines is 6. The summed E-state index contributed by atoms with van der Waals surface area (Å²) >= 11 is 0. The molecule has 0 heterocycles. The fourth-order valence-electron chi connectivity index (χ4n) is 6.23. The maximum Gasteiger partial charge on any atom is 0.0493 e. The largest absolute Gasteiger partial charge is 0.311 e. The van der Waals surface area contributed by atoms with Crippen molar-refractivity contribution in [1.29, 1.82) is 0 Å². The Bertz CT molecular complexity index is 1700. The van der Waals surface area contributed by atoms with Gasteiger partial charge in [0.15, 0.2) is 0 Å². The molecule has 0 saturated carbocycles. The number of hydrogen-bond acceptors (Lipinski definition) is 2. The highest BCUT2D eigenvalue weighted by molar-refractivity contribution is 5.82. The Kier molecular flexibility index (Phi) is 10.3. The molecule has 0 aliphatic heterocycles. The van der Waals surface area contributed by atoms with Crippen molar-refractivity contribution in [3.63, 3.8) is 0 Å². The van der Waals surface area contributed by atoms with Crippen molar-refractivity contribution in [3.8, 4) is 11.1 Å². The van der Waals surface area contributed by atoms with Crippen LogP contribution in [0.1, 0.15) is 50.7 Å². The minimum Gasteiger partial charge on any atom is -0.311 e. The number of unbranched alkanes of at least 4 members (excludes halogenated alkanes) is 2. The quantitative estimate of drug-likeness (QED) is 0.130. The van der Waals surface area contributed by atoms with Gasteiger partial charge in [0.25, 0.3) is 0 Å². The highest BCUT2D eigenvalue weighted by atomic mass is 15.1. The molecule has 2 nitrogen and oxygen atoms in total. The summed E-state index contributed by atoms with van der Waals surface area (Å²) in [5, 5.41) is 0. The van der Waals surface area contributed by atoms with E-state index in [0.717, 1.165) is 29.9 Å². The molecule has 46 heavy (non-hydrogen) atoms. The van der Waals surface area contributed by atoms with Crippen LogP contribution in [0.25, 0.3) is 11.1 Å². The van der Waals surface area contributed by atoms with Crippen molar-refractivity contribution in [3.05, 3.63) is 169 Å². The van der Waals surface area contributed by atoms with Gasteiger partial charge in [-0.05, 0) is 109 Å². The summed E-state index contributed by atoms with van der Waals surface area (Å²) in [5.74, 6) is 0. The van der Waals surface area contributed by atoms with E-state index < -0.39 is 0 Å². The minimum atomic E-state index is 1.08. The van der Waals surface area contributed by atoms with Crippen LogP contribution in [0.4, 0.5) is 34.1 Å². The highest BCUT2D eigenvalue weighted by Gasteiger charge is 2.19. The molecule has 0 atom stereocenters. The molecule has 0 aliphatic carbocycles. The molecule has 0 fully saturated rings. The van der Waals surface area contributed by atoms with Crippen LogP contribution in [0.5, 0.6) is 0 Å². The zero-order valence-corrected chi connectivity index (χ0v) is 27.1. The molecule has 0 aromatic heterocycles. The molecule has 0 bridgehead atoms. The average molecular weight is 601 g/mol. The fourth-order valence-corrected chi connectivity index (χ4v) is 6.23. The van der Waals surface area contributed by atoms with Crippen molar-refractivity contribution in [2.24, 2.45) is 0 Å². The van der Waals surface area contributed by atoms with Gasteiger partial charge in [0.2, 0.25) is 0 Å². The summed E-state index contributed by atoms with van der Waals surface area (Å²) in [7, 11) is 0. The highest BCUT2D eigenvalue weighted by Crippen LogP contribution is 2.41. The van der Waals surface area contributed by atoms with Gasteiger partial charge >= 0.3 is 0 Å². The van der Waals surface area contributed by atoms with Crippen LogP contribution in [0, 0.1) is 0 Å². The average Bonchev–Trinajstić information content (AvgIpc) is 3.12. The molecule has 230 valence electrons. The topological polar surface area (TPSA) is 6.48 Å². The molecule has 0 amide bonds. The summed E-state index contributed by atoms with van der Waals surface area (Å²) < 4.78 is 0. The Morgan fingerprint density at radius 3 is 1.11 bits per heavy atom. The Hall–Kier alpha value is -5.08. The number of rotatable bonds is 13. The molecule has 0 unspecified atom stereocenters. The van der Waals surface area contributed by atoms with E-state index in [9.17, 15) is 0 Å². The third kappa shape index (κ3) is 7.08. The predicted octanol–water partition coefficient (Wildman–Crippen LogP) is 13.0. The molecule has 2 heteroatoms. The molecule has 6 aromatic rings. The molecular weight excluding hydrogens is 556 g/mol. The maximum atomic E-state index is 2.49. The third-order valence-corrected chi connectivity index (χ3v) is 8.68. The Morgan fingerprint density at radius 2 is 0.696 bits per heavy atom. The predicted molar refractivity (Wildman–Crippen MR) is 198 cm³/mol. The van der Waals surface area contributed by atoms with Gasteiger partial charge in [-0.25, -0.2) is 0 Å². The van der Waals surface area contributed by atoms with E-state index in [1.54, 1.807) is 0 Å². The van der Waals surface area contributed by atoms with E-state index in [-0.39, 0.29) is 0 Å². The van der Waals surface area contributed by atoms with Gasteiger partial charge in [-0.2, -0.15) is 0 Å². The molecule has 0 N–H and O–H groups in total.